The summed E-state index contributed by atoms with van der Waals surface area (Å²) in [5.74, 6) is 1.50. The van der Waals surface area contributed by atoms with Gasteiger partial charge >= 0.3 is 0 Å². The van der Waals surface area contributed by atoms with E-state index in [0.29, 0.717) is 10.7 Å². The molecule has 0 atom stereocenters. The van der Waals surface area contributed by atoms with Crippen molar-refractivity contribution in [3.8, 4) is 0 Å². The Kier molecular flexibility index (Phi) is 6.59. The van der Waals surface area contributed by atoms with Gasteiger partial charge in [-0.05, 0) is 37.4 Å². The van der Waals surface area contributed by atoms with Crippen LogP contribution in [0.25, 0.3) is 0 Å². The average molecular weight is 406 g/mol. The summed E-state index contributed by atoms with van der Waals surface area (Å²) in [7, 11) is 0. The molecule has 3 aromatic rings. The number of carbonyl (C=O) groups excluding carboxylic acids is 1. The average Bonchev–Trinajstić information content (AvgIpc) is 3.33. The molecule has 0 spiro atoms. The second-order valence-corrected chi connectivity index (χ2v) is 8.50. The first-order valence-corrected chi connectivity index (χ1v) is 10.9. The Morgan fingerprint density at radius 2 is 2.08 bits per heavy atom. The molecule has 3 aromatic heterocycles. The monoisotopic (exact) mass is 405 g/mol. The Bertz CT molecular complexity index is 828. The van der Waals surface area contributed by atoms with E-state index < -0.39 is 0 Å². The standard InChI is InChI=1S/C17H19N5OS3/c1-3-22(4-2)14-8-7-12(10-18-14)15(23)19-16-20-21-17(26-16)25-11-13-6-5-9-24-13/h5-10H,3-4,11H2,1-2H3,(H,19,20,23). The van der Waals surface area contributed by atoms with Crippen LogP contribution in [0, 0.1) is 0 Å². The minimum Gasteiger partial charge on any atom is -0.357 e. The van der Waals surface area contributed by atoms with Gasteiger partial charge in [0.15, 0.2) is 4.34 Å². The van der Waals surface area contributed by atoms with Crippen molar-refractivity contribution < 1.29 is 4.79 Å². The third kappa shape index (κ3) is 4.80. The molecule has 26 heavy (non-hydrogen) atoms. The summed E-state index contributed by atoms with van der Waals surface area (Å²) in [5.41, 5.74) is 0.504. The Morgan fingerprint density at radius 3 is 2.73 bits per heavy atom. The first-order chi connectivity index (χ1) is 12.7. The number of rotatable bonds is 8. The molecule has 0 unspecified atom stereocenters. The molecule has 0 aliphatic rings. The van der Waals surface area contributed by atoms with Gasteiger partial charge in [0.05, 0.1) is 5.56 Å². The van der Waals surface area contributed by atoms with Crippen LogP contribution in [-0.4, -0.2) is 34.2 Å². The second-order valence-electron chi connectivity index (χ2n) is 5.27. The lowest BCUT2D eigenvalue weighted by Gasteiger charge is -2.19. The van der Waals surface area contributed by atoms with Crippen molar-refractivity contribution >= 4 is 51.3 Å². The Labute approximate surface area is 164 Å². The van der Waals surface area contributed by atoms with Crippen LogP contribution in [0.15, 0.2) is 40.2 Å². The van der Waals surface area contributed by atoms with Crippen LogP contribution in [0.5, 0.6) is 0 Å². The molecule has 0 bridgehead atoms. The number of thioether (sulfide) groups is 1. The SMILES string of the molecule is CCN(CC)c1ccc(C(=O)Nc2nnc(SCc3cccs3)s2)cn1. The van der Waals surface area contributed by atoms with E-state index in [2.05, 4.69) is 50.7 Å². The van der Waals surface area contributed by atoms with Gasteiger partial charge in [0, 0.05) is 29.9 Å². The minimum absolute atomic E-state index is 0.227. The van der Waals surface area contributed by atoms with E-state index in [1.54, 1.807) is 35.4 Å². The van der Waals surface area contributed by atoms with Crippen molar-refractivity contribution in [3.63, 3.8) is 0 Å². The van der Waals surface area contributed by atoms with E-state index in [-0.39, 0.29) is 5.91 Å². The van der Waals surface area contributed by atoms with E-state index >= 15 is 0 Å². The van der Waals surface area contributed by atoms with Crippen molar-refractivity contribution in [1.82, 2.24) is 15.2 Å². The lowest BCUT2D eigenvalue weighted by Crippen LogP contribution is -2.23. The summed E-state index contributed by atoms with van der Waals surface area (Å²) >= 11 is 4.71. The molecule has 3 rings (SSSR count). The first-order valence-electron chi connectivity index (χ1n) is 8.20. The fourth-order valence-electron chi connectivity index (χ4n) is 2.27. The number of nitrogens with one attached hydrogen (secondary N) is 1. The Balaban J connectivity index is 1.57. The van der Waals surface area contributed by atoms with Gasteiger partial charge < -0.3 is 4.90 Å². The number of aromatic nitrogens is 3. The lowest BCUT2D eigenvalue weighted by atomic mass is 10.2. The van der Waals surface area contributed by atoms with E-state index in [1.807, 2.05) is 12.1 Å². The maximum atomic E-state index is 12.4. The molecule has 0 saturated heterocycles. The van der Waals surface area contributed by atoms with Gasteiger partial charge in [-0.2, -0.15) is 0 Å². The number of nitrogens with zero attached hydrogens (tertiary/aromatic N) is 4. The molecule has 0 radical (unpaired) electrons. The van der Waals surface area contributed by atoms with Crippen molar-refractivity contribution in [2.24, 2.45) is 0 Å². The van der Waals surface area contributed by atoms with Crippen LogP contribution in [-0.2, 0) is 5.75 Å². The maximum Gasteiger partial charge on any atom is 0.259 e. The molecule has 0 aliphatic carbocycles. The van der Waals surface area contributed by atoms with Crippen molar-refractivity contribution in [2.45, 2.75) is 23.9 Å². The highest BCUT2D eigenvalue weighted by atomic mass is 32.2. The molecule has 1 N–H and O–H groups in total. The van der Waals surface area contributed by atoms with E-state index in [4.69, 9.17) is 0 Å². The largest absolute Gasteiger partial charge is 0.357 e. The zero-order valence-corrected chi connectivity index (χ0v) is 17.0. The number of amides is 1. The molecule has 6 nitrogen and oxygen atoms in total. The number of pyridine rings is 1. The summed E-state index contributed by atoms with van der Waals surface area (Å²) in [4.78, 5) is 20.1. The van der Waals surface area contributed by atoms with Gasteiger partial charge in [-0.1, -0.05) is 29.2 Å². The van der Waals surface area contributed by atoms with Gasteiger partial charge in [-0.15, -0.1) is 21.5 Å². The van der Waals surface area contributed by atoms with Crippen LogP contribution in [0.2, 0.25) is 0 Å². The predicted molar refractivity (Wildman–Crippen MR) is 110 cm³/mol. The lowest BCUT2D eigenvalue weighted by molar-refractivity contribution is 0.102. The third-order valence-corrected chi connectivity index (χ3v) is 6.72. The highest BCUT2D eigenvalue weighted by Gasteiger charge is 2.12. The third-order valence-electron chi connectivity index (χ3n) is 3.64. The Hall–Kier alpha value is -1.97. The summed E-state index contributed by atoms with van der Waals surface area (Å²) in [6.07, 6.45) is 1.59. The quantitative estimate of drug-likeness (QED) is 0.443. The van der Waals surface area contributed by atoms with E-state index in [1.165, 1.54) is 16.2 Å². The molecule has 0 aliphatic heterocycles. The summed E-state index contributed by atoms with van der Waals surface area (Å²) in [6.45, 7) is 5.92. The van der Waals surface area contributed by atoms with Gasteiger partial charge in [-0.25, -0.2) is 4.98 Å². The number of carbonyl (C=O) groups is 1. The van der Waals surface area contributed by atoms with E-state index in [9.17, 15) is 4.79 Å². The van der Waals surface area contributed by atoms with Crippen LogP contribution >= 0.6 is 34.4 Å². The van der Waals surface area contributed by atoms with Gasteiger partial charge in [0.1, 0.15) is 5.82 Å². The van der Waals surface area contributed by atoms with Crippen molar-refractivity contribution in [3.05, 3.63) is 46.3 Å². The van der Waals surface area contributed by atoms with E-state index in [0.717, 1.165) is 29.0 Å². The zero-order valence-electron chi connectivity index (χ0n) is 14.5. The Morgan fingerprint density at radius 1 is 1.23 bits per heavy atom. The molecule has 9 heteroatoms. The minimum atomic E-state index is -0.227. The van der Waals surface area contributed by atoms with Gasteiger partial charge in [0.2, 0.25) is 5.13 Å². The molecule has 0 fully saturated rings. The van der Waals surface area contributed by atoms with Crippen LogP contribution in [0.4, 0.5) is 10.9 Å². The highest BCUT2D eigenvalue weighted by Crippen LogP contribution is 2.29. The fourth-order valence-corrected chi connectivity index (χ4v) is 4.79. The number of anilines is 2. The molecular weight excluding hydrogens is 386 g/mol. The number of thiophene rings is 1. The normalized spacial score (nSPS) is 10.7. The van der Waals surface area contributed by atoms with Crippen molar-refractivity contribution in [1.29, 1.82) is 0 Å². The smallest absolute Gasteiger partial charge is 0.259 e. The fraction of sp³-hybridized carbons (Fsp3) is 0.294. The summed E-state index contributed by atoms with van der Waals surface area (Å²) < 4.78 is 0.837. The molecule has 3 heterocycles. The maximum absolute atomic E-state index is 12.4. The number of hydrogen-bond donors (Lipinski definition) is 1. The van der Waals surface area contributed by atoms with Gasteiger partial charge in [0.25, 0.3) is 5.91 Å². The zero-order chi connectivity index (χ0) is 18.4. The summed E-state index contributed by atoms with van der Waals surface area (Å²) in [6, 6.07) is 7.77. The molecular formula is C17H19N5OS3. The number of hydrogen-bond acceptors (Lipinski definition) is 8. The molecule has 0 aromatic carbocycles. The van der Waals surface area contributed by atoms with Crippen LogP contribution in [0.3, 0.4) is 0 Å². The highest BCUT2D eigenvalue weighted by molar-refractivity contribution is 8.00. The van der Waals surface area contributed by atoms with Crippen LogP contribution in [0.1, 0.15) is 29.1 Å². The molecule has 0 saturated carbocycles. The van der Waals surface area contributed by atoms with Crippen molar-refractivity contribution in [2.75, 3.05) is 23.3 Å². The molecule has 1 amide bonds. The van der Waals surface area contributed by atoms with Gasteiger partial charge in [-0.3, -0.25) is 10.1 Å². The molecule has 136 valence electrons. The topological polar surface area (TPSA) is 71.0 Å². The van der Waals surface area contributed by atoms with Crippen LogP contribution < -0.4 is 10.2 Å². The summed E-state index contributed by atoms with van der Waals surface area (Å²) in [5, 5.41) is 13.5. The second kappa shape index (κ2) is 9.11. The first kappa shape index (κ1) is 18.8. The predicted octanol–water partition coefficient (Wildman–Crippen LogP) is 4.39.